The fourth-order valence-electron chi connectivity index (χ4n) is 2.66. The molecule has 0 aliphatic rings. The maximum Gasteiger partial charge on any atom is 0.119 e. The smallest absolute Gasteiger partial charge is 0.119 e. The van der Waals surface area contributed by atoms with Crippen LogP contribution in [-0.2, 0) is 0 Å². The number of benzene rings is 3. The third kappa shape index (κ3) is 3.94. The van der Waals surface area contributed by atoms with Gasteiger partial charge in [-0.3, -0.25) is 0 Å². The van der Waals surface area contributed by atoms with Gasteiger partial charge < -0.3 is 14.2 Å². The lowest BCUT2D eigenvalue weighted by atomic mass is 10.3. The average Bonchev–Trinajstić information content (AvgIpc) is 2.69. The molecule has 0 atom stereocenters. The van der Waals surface area contributed by atoms with E-state index in [1.54, 1.807) is 21.3 Å². The molecule has 25 heavy (non-hydrogen) atoms. The van der Waals surface area contributed by atoms with Gasteiger partial charge in [0.15, 0.2) is 0 Å². The Labute approximate surface area is 149 Å². The third-order valence-electron chi connectivity index (χ3n) is 3.97. The molecule has 3 nitrogen and oxygen atoms in total. The molecule has 3 aromatic carbocycles. The summed E-state index contributed by atoms with van der Waals surface area (Å²) in [5, 5.41) is 3.76. The summed E-state index contributed by atoms with van der Waals surface area (Å²) in [6.07, 6.45) is 0. The lowest BCUT2D eigenvalue weighted by molar-refractivity contribution is 0.415. The van der Waals surface area contributed by atoms with Crippen molar-refractivity contribution in [2.24, 2.45) is 0 Å². The first-order valence-electron chi connectivity index (χ1n) is 7.97. The van der Waals surface area contributed by atoms with E-state index in [4.69, 9.17) is 14.2 Å². The second-order valence-electron chi connectivity index (χ2n) is 5.43. The minimum Gasteiger partial charge on any atom is -0.497 e. The van der Waals surface area contributed by atoms with Crippen LogP contribution >= 0.6 is 7.92 Å². The maximum atomic E-state index is 5.42. The highest BCUT2D eigenvalue weighted by Crippen LogP contribution is 2.34. The summed E-state index contributed by atoms with van der Waals surface area (Å²) in [6, 6.07) is 24.8. The maximum absolute atomic E-state index is 5.42. The Morgan fingerprint density at radius 2 is 1.00 bits per heavy atom. The molecule has 0 unspecified atom stereocenters. The Morgan fingerprint density at radius 1 is 0.520 bits per heavy atom. The van der Waals surface area contributed by atoms with Crippen LogP contribution in [0.2, 0.25) is 0 Å². The van der Waals surface area contributed by atoms with Gasteiger partial charge >= 0.3 is 0 Å². The number of hydrogen-bond donors (Lipinski definition) is 0. The molecule has 0 saturated carbocycles. The van der Waals surface area contributed by atoms with E-state index >= 15 is 0 Å². The molecule has 4 heteroatoms. The van der Waals surface area contributed by atoms with Gasteiger partial charge in [-0.25, -0.2) is 0 Å². The molecule has 0 N–H and O–H groups in total. The lowest BCUT2D eigenvalue weighted by Gasteiger charge is -2.20. The zero-order chi connectivity index (χ0) is 17.6. The van der Waals surface area contributed by atoms with Gasteiger partial charge in [0.2, 0.25) is 0 Å². The number of ether oxygens (including phenoxy) is 3. The lowest BCUT2D eigenvalue weighted by Crippen LogP contribution is -2.20. The average molecular weight is 352 g/mol. The van der Waals surface area contributed by atoms with Crippen molar-refractivity contribution in [3.05, 3.63) is 72.8 Å². The normalized spacial score (nSPS) is 10.6. The summed E-state index contributed by atoms with van der Waals surface area (Å²) >= 11 is 0. The molecule has 3 aromatic rings. The molecule has 0 spiro atoms. The summed E-state index contributed by atoms with van der Waals surface area (Å²) in [6.45, 7) is 0. The van der Waals surface area contributed by atoms with Crippen LogP contribution in [0.3, 0.4) is 0 Å². The fraction of sp³-hybridized carbons (Fsp3) is 0.143. The molecule has 0 saturated heterocycles. The molecule has 0 fully saturated rings. The SMILES string of the molecule is COc1ccc(P(c2ccc(OC)cc2)c2cccc(OC)c2)cc1. The topological polar surface area (TPSA) is 27.7 Å². The van der Waals surface area contributed by atoms with Crippen LogP contribution in [0, 0.1) is 0 Å². The highest BCUT2D eigenvalue weighted by atomic mass is 31.1. The van der Waals surface area contributed by atoms with E-state index in [1.165, 1.54) is 15.9 Å². The summed E-state index contributed by atoms with van der Waals surface area (Å²) < 4.78 is 16.0. The summed E-state index contributed by atoms with van der Waals surface area (Å²) in [5.41, 5.74) is 0. The van der Waals surface area contributed by atoms with E-state index < -0.39 is 7.92 Å². The first-order chi connectivity index (χ1) is 12.2. The van der Waals surface area contributed by atoms with Crippen molar-refractivity contribution in [1.82, 2.24) is 0 Å². The fourth-order valence-corrected chi connectivity index (χ4v) is 4.94. The molecule has 0 amide bonds. The molecule has 0 bridgehead atoms. The minimum atomic E-state index is -0.694. The van der Waals surface area contributed by atoms with E-state index in [1.807, 2.05) is 36.4 Å². The third-order valence-corrected chi connectivity index (χ3v) is 6.40. The van der Waals surface area contributed by atoms with E-state index in [0.717, 1.165) is 17.2 Å². The summed E-state index contributed by atoms with van der Waals surface area (Å²) in [5.74, 6) is 2.59. The molecule has 0 radical (unpaired) electrons. The molecule has 0 aliphatic heterocycles. The summed E-state index contributed by atoms with van der Waals surface area (Å²) in [4.78, 5) is 0. The van der Waals surface area contributed by atoms with Gasteiger partial charge in [0, 0.05) is 0 Å². The van der Waals surface area contributed by atoms with Gasteiger partial charge in [0.05, 0.1) is 21.3 Å². The number of methoxy groups -OCH3 is 3. The van der Waals surface area contributed by atoms with Crippen molar-refractivity contribution in [3.8, 4) is 17.2 Å². The Kier molecular flexibility index (Phi) is 5.57. The first-order valence-corrected chi connectivity index (χ1v) is 9.31. The summed E-state index contributed by atoms with van der Waals surface area (Å²) in [7, 11) is 4.37. The molecule has 0 heterocycles. The van der Waals surface area contributed by atoms with Crippen molar-refractivity contribution >= 4 is 23.8 Å². The van der Waals surface area contributed by atoms with Gasteiger partial charge in [-0.2, -0.15) is 0 Å². The van der Waals surface area contributed by atoms with Crippen molar-refractivity contribution in [2.45, 2.75) is 0 Å². The van der Waals surface area contributed by atoms with Gasteiger partial charge in [0.25, 0.3) is 0 Å². The van der Waals surface area contributed by atoms with Crippen molar-refractivity contribution in [3.63, 3.8) is 0 Å². The van der Waals surface area contributed by atoms with Crippen LogP contribution < -0.4 is 30.1 Å². The van der Waals surface area contributed by atoms with Crippen molar-refractivity contribution in [2.75, 3.05) is 21.3 Å². The quantitative estimate of drug-likeness (QED) is 0.636. The van der Waals surface area contributed by atoms with Crippen LogP contribution in [0.4, 0.5) is 0 Å². The Balaban J connectivity index is 2.08. The Morgan fingerprint density at radius 3 is 1.44 bits per heavy atom. The Bertz CT molecular complexity index is 766. The van der Waals surface area contributed by atoms with Crippen LogP contribution in [0.1, 0.15) is 0 Å². The number of hydrogen-bond acceptors (Lipinski definition) is 3. The molecular weight excluding hydrogens is 331 g/mol. The van der Waals surface area contributed by atoms with Gasteiger partial charge in [-0.15, -0.1) is 0 Å². The molecule has 3 rings (SSSR count). The predicted octanol–water partition coefficient (Wildman–Crippen LogP) is 3.47. The zero-order valence-corrected chi connectivity index (χ0v) is 15.5. The molecule has 128 valence electrons. The van der Waals surface area contributed by atoms with Crippen LogP contribution in [0.15, 0.2) is 72.8 Å². The number of rotatable bonds is 6. The second-order valence-corrected chi connectivity index (χ2v) is 7.65. The highest BCUT2D eigenvalue weighted by Gasteiger charge is 2.17. The van der Waals surface area contributed by atoms with E-state index in [9.17, 15) is 0 Å². The highest BCUT2D eigenvalue weighted by molar-refractivity contribution is 7.79. The van der Waals surface area contributed by atoms with Gasteiger partial charge in [-0.05, 0) is 60.2 Å². The first kappa shape index (κ1) is 17.3. The largest absolute Gasteiger partial charge is 0.497 e. The minimum absolute atomic E-state index is 0.694. The molecule has 0 aliphatic carbocycles. The van der Waals surface area contributed by atoms with Crippen LogP contribution in [0.25, 0.3) is 0 Å². The zero-order valence-electron chi connectivity index (χ0n) is 14.6. The van der Waals surface area contributed by atoms with E-state index in [-0.39, 0.29) is 0 Å². The van der Waals surface area contributed by atoms with Crippen molar-refractivity contribution in [1.29, 1.82) is 0 Å². The standard InChI is InChI=1S/C21H21O3P/c1-22-16-7-11-19(12-8-16)25(20-13-9-17(23-2)10-14-20)21-6-4-5-18(15-21)24-3/h4-15H,1-3H3. The second kappa shape index (κ2) is 8.04. The Hall–Kier alpha value is -2.51. The van der Waals surface area contributed by atoms with E-state index in [0.29, 0.717) is 0 Å². The molecule has 0 aromatic heterocycles. The van der Waals surface area contributed by atoms with Crippen LogP contribution in [-0.4, -0.2) is 21.3 Å². The van der Waals surface area contributed by atoms with Crippen LogP contribution in [0.5, 0.6) is 17.2 Å². The predicted molar refractivity (Wildman–Crippen MR) is 105 cm³/mol. The van der Waals surface area contributed by atoms with E-state index in [2.05, 4.69) is 36.4 Å². The molecular formula is C21H21O3P. The van der Waals surface area contributed by atoms with Gasteiger partial charge in [-0.1, -0.05) is 36.4 Å². The van der Waals surface area contributed by atoms with Crippen molar-refractivity contribution < 1.29 is 14.2 Å². The monoisotopic (exact) mass is 352 g/mol. The van der Waals surface area contributed by atoms with Gasteiger partial charge in [0.1, 0.15) is 17.2 Å².